The summed E-state index contributed by atoms with van der Waals surface area (Å²) < 4.78 is 36.1. The van der Waals surface area contributed by atoms with Gasteiger partial charge < -0.3 is 10.1 Å². The highest BCUT2D eigenvalue weighted by Gasteiger charge is 2.35. The average molecular weight is 533 g/mol. The van der Waals surface area contributed by atoms with Gasteiger partial charge in [0.25, 0.3) is 17.7 Å². The first kappa shape index (κ1) is 23.1. The number of alkyl halides is 2. The molecule has 0 fully saturated rings. The van der Waals surface area contributed by atoms with Gasteiger partial charge in [-0.2, -0.15) is 8.78 Å². The Labute approximate surface area is 201 Å². The van der Waals surface area contributed by atoms with Crippen molar-refractivity contribution in [2.24, 2.45) is 0 Å². The van der Waals surface area contributed by atoms with Crippen molar-refractivity contribution >= 4 is 44.3 Å². The van der Waals surface area contributed by atoms with Gasteiger partial charge in [-0.05, 0) is 42.8 Å². The monoisotopic (exact) mass is 531 g/mol. The van der Waals surface area contributed by atoms with Gasteiger partial charge in [0.05, 0.1) is 17.1 Å². The maximum absolute atomic E-state index is 14.9. The SMILES string of the molecule is Cc1cccc(Oc2nnc3ccccc3c2C(=O)NCC(F)(F)c2ccc(Br)cc2Cl)c1. The minimum atomic E-state index is -3.40. The number of halogens is 4. The highest BCUT2D eigenvalue weighted by Crippen LogP contribution is 2.35. The van der Waals surface area contributed by atoms with Crippen molar-refractivity contribution < 1.29 is 18.3 Å². The fourth-order valence-corrected chi connectivity index (χ4v) is 4.09. The van der Waals surface area contributed by atoms with Gasteiger partial charge in [0.15, 0.2) is 0 Å². The van der Waals surface area contributed by atoms with Crippen LogP contribution in [0.3, 0.4) is 0 Å². The number of carbonyl (C=O) groups is 1. The normalized spacial score (nSPS) is 11.4. The van der Waals surface area contributed by atoms with Gasteiger partial charge in [-0.1, -0.05) is 63.9 Å². The number of amides is 1. The van der Waals surface area contributed by atoms with Crippen LogP contribution in [0.15, 0.2) is 71.2 Å². The lowest BCUT2D eigenvalue weighted by Gasteiger charge is -2.19. The van der Waals surface area contributed by atoms with Crippen LogP contribution in [0.4, 0.5) is 8.78 Å². The minimum absolute atomic E-state index is 0.0137. The Morgan fingerprint density at radius 1 is 1.09 bits per heavy atom. The first-order valence-corrected chi connectivity index (χ1v) is 11.0. The highest BCUT2D eigenvalue weighted by molar-refractivity contribution is 9.10. The van der Waals surface area contributed by atoms with Crippen LogP contribution in [-0.4, -0.2) is 22.6 Å². The van der Waals surface area contributed by atoms with Crippen LogP contribution in [0, 0.1) is 6.92 Å². The first-order chi connectivity index (χ1) is 15.7. The van der Waals surface area contributed by atoms with E-state index in [0.717, 1.165) is 5.56 Å². The van der Waals surface area contributed by atoms with Gasteiger partial charge in [0.2, 0.25) is 0 Å². The van der Waals surface area contributed by atoms with Crippen LogP contribution in [0.5, 0.6) is 11.6 Å². The van der Waals surface area contributed by atoms with Gasteiger partial charge in [0.1, 0.15) is 11.3 Å². The van der Waals surface area contributed by atoms with Crippen LogP contribution in [0.2, 0.25) is 5.02 Å². The van der Waals surface area contributed by atoms with Gasteiger partial charge in [-0.15, -0.1) is 10.2 Å². The predicted molar refractivity (Wildman–Crippen MR) is 126 cm³/mol. The van der Waals surface area contributed by atoms with Crippen molar-refractivity contribution in [3.63, 3.8) is 0 Å². The van der Waals surface area contributed by atoms with E-state index < -0.39 is 18.4 Å². The zero-order valence-electron chi connectivity index (χ0n) is 17.3. The summed E-state index contributed by atoms with van der Waals surface area (Å²) in [6.45, 7) is 0.926. The molecule has 1 aromatic heterocycles. The number of hydrogen-bond donors (Lipinski definition) is 1. The summed E-state index contributed by atoms with van der Waals surface area (Å²) in [5, 5.41) is 10.7. The second-order valence-electron chi connectivity index (χ2n) is 7.33. The van der Waals surface area contributed by atoms with E-state index in [1.54, 1.807) is 42.5 Å². The van der Waals surface area contributed by atoms with E-state index >= 15 is 0 Å². The zero-order valence-corrected chi connectivity index (χ0v) is 19.6. The lowest BCUT2D eigenvalue weighted by molar-refractivity contribution is -0.00239. The Morgan fingerprint density at radius 2 is 1.88 bits per heavy atom. The van der Waals surface area contributed by atoms with Crippen molar-refractivity contribution in [1.29, 1.82) is 0 Å². The molecule has 4 rings (SSSR count). The molecular weight excluding hydrogens is 516 g/mol. The zero-order chi connectivity index (χ0) is 23.6. The summed E-state index contributed by atoms with van der Waals surface area (Å²) in [7, 11) is 0. The molecule has 1 N–H and O–H groups in total. The molecule has 0 aliphatic carbocycles. The third-order valence-electron chi connectivity index (χ3n) is 4.86. The number of aryl methyl sites for hydroxylation is 1. The minimum Gasteiger partial charge on any atom is -0.437 e. The van der Waals surface area contributed by atoms with E-state index in [1.165, 1.54) is 18.2 Å². The lowest BCUT2D eigenvalue weighted by atomic mass is 10.1. The van der Waals surface area contributed by atoms with Crippen LogP contribution >= 0.6 is 27.5 Å². The number of ether oxygens (including phenoxy) is 1. The van der Waals surface area contributed by atoms with E-state index in [9.17, 15) is 13.6 Å². The molecule has 168 valence electrons. The van der Waals surface area contributed by atoms with Gasteiger partial charge in [-0.25, -0.2) is 0 Å². The van der Waals surface area contributed by atoms with Crippen molar-refractivity contribution in [2.75, 3.05) is 6.54 Å². The van der Waals surface area contributed by atoms with E-state index in [2.05, 4.69) is 31.4 Å². The van der Waals surface area contributed by atoms with Crippen LogP contribution in [-0.2, 0) is 5.92 Å². The Balaban J connectivity index is 1.66. The topological polar surface area (TPSA) is 64.1 Å². The van der Waals surface area contributed by atoms with Crippen molar-refractivity contribution in [1.82, 2.24) is 15.5 Å². The van der Waals surface area contributed by atoms with E-state index in [-0.39, 0.29) is 22.0 Å². The molecule has 4 aromatic rings. The van der Waals surface area contributed by atoms with Gasteiger partial charge in [-0.3, -0.25) is 4.79 Å². The van der Waals surface area contributed by atoms with Crippen molar-refractivity contribution in [3.8, 4) is 11.6 Å². The molecule has 0 spiro atoms. The number of carbonyl (C=O) groups excluding carboxylic acids is 1. The molecule has 0 bridgehead atoms. The van der Waals surface area contributed by atoms with E-state index in [1.807, 2.05) is 13.0 Å². The summed E-state index contributed by atoms with van der Waals surface area (Å²) in [6.07, 6.45) is 0. The molecule has 0 unspecified atom stereocenters. The molecule has 33 heavy (non-hydrogen) atoms. The van der Waals surface area contributed by atoms with Gasteiger partial charge >= 0.3 is 0 Å². The third-order valence-corrected chi connectivity index (χ3v) is 5.67. The number of aromatic nitrogens is 2. The number of nitrogens with zero attached hydrogens (tertiary/aromatic N) is 2. The Bertz CT molecular complexity index is 1350. The second kappa shape index (κ2) is 9.41. The smallest absolute Gasteiger partial charge is 0.291 e. The fourth-order valence-electron chi connectivity index (χ4n) is 3.28. The third kappa shape index (κ3) is 5.12. The highest BCUT2D eigenvalue weighted by atomic mass is 79.9. The van der Waals surface area contributed by atoms with Crippen LogP contribution < -0.4 is 10.1 Å². The van der Waals surface area contributed by atoms with Crippen molar-refractivity contribution in [2.45, 2.75) is 12.8 Å². The standard InChI is InChI=1S/C24H17BrClF2N3O2/c1-14-5-4-6-16(11-14)33-23-21(17-7-2-3-8-20(17)30-31-23)22(32)29-13-24(27,28)18-10-9-15(25)12-19(18)26/h2-12H,13H2,1H3,(H,29,32). The van der Waals surface area contributed by atoms with Crippen molar-refractivity contribution in [3.05, 3.63) is 92.9 Å². The Kier molecular flexibility index (Phi) is 6.58. The Hall–Kier alpha value is -3.10. The molecule has 1 heterocycles. The molecule has 0 aliphatic rings. The summed E-state index contributed by atoms with van der Waals surface area (Å²) in [6, 6.07) is 18.0. The maximum Gasteiger partial charge on any atom is 0.291 e. The summed E-state index contributed by atoms with van der Waals surface area (Å²) in [5.74, 6) is -3.81. The fraction of sp³-hybridized carbons (Fsp3) is 0.125. The largest absolute Gasteiger partial charge is 0.437 e. The average Bonchev–Trinajstić information content (AvgIpc) is 2.77. The molecule has 0 saturated carbocycles. The molecule has 0 saturated heterocycles. The molecule has 0 atom stereocenters. The van der Waals surface area contributed by atoms with E-state index in [0.29, 0.717) is 21.1 Å². The quantitative estimate of drug-likeness (QED) is 0.301. The molecule has 3 aromatic carbocycles. The molecule has 1 amide bonds. The van der Waals surface area contributed by atoms with Crippen LogP contribution in [0.25, 0.3) is 10.9 Å². The number of rotatable bonds is 6. The number of nitrogens with one attached hydrogen (secondary N) is 1. The first-order valence-electron chi connectivity index (χ1n) is 9.86. The predicted octanol–water partition coefficient (Wildman–Crippen LogP) is 6.67. The second-order valence-corrected chi connectivity index (χ2v) is 8.65. The number of hydrogen-bond acceptors (Lipinski definition) is 4. The number of fused-ring (bicyclic) bond motifs is 1. The molecule has 5 nitrogen and oxygen atoms in total. The number of benzene rings is 3. The summed E-state index contributed by atoms with van der Waals surface area (Å²) in [5.41, 5.74) is 1.00. The summed E-state index contributed by atoms with van der Waals surface area (Å²) >= 11 is 9.18. The van der Waals surface area contributed by atoms with E-state index in [4.69, 9.17) is 16.3 Å². The molecular formula is C24H17BrClF2N3O2. The molecule has 0 radical (unpaired) electrons. The Morgan fingerprint density at radius 3 is 2.64 bits per heavy atom. The summed E-state index contributed by atoms with van der Waals surface area (Å²) in [4.78, 5) is 13.1. The van der Waals surface area contributed by atoms with Crippen LogP contribution in [0.1, 0.15) is 21.5 Å². The lowest BCUT2D eigenvalue weighted by Crippen LogP contribution is -2.35. The molecule has 9 heteroatoms. The molecule has 0 aliphatic heterocycles. The maximum atomic E-state index is 14.9. The van der Waals surface area contributed by atoms with Gasteiger partial charge in [0, 0.05) is 15.4 Å².